The third-order valence-electron chi connectivity index (χ3n) is 2.29. The second kappa shape index (κ2) is 5.99. The van der Waals surface area contributed by atoms with Crippen LogP contribution in [0.5, 0.6) is 0 Å². The van der Waals surface area contributed by atoms with Gasteiger partial charge in [0, 0.05) is 6.20 Å². The van der Waals surface area contributed by atoms with Crippen molar-refractivity contribution in [2.75, 3.05) is 0 Å². The van der Waals surface area contributed by atoms with Gasteiger partial charge in [0.1, 0.15) is 0 Å². The summed E-state index contributed by atoms with van der Waals surface area (Å²) in [7, 11) is 0. The van der Waals surface area contributed by atoms with E-state index in [0.29, 0.717) is 5.56 Å². The molecule has 0 aliphatic heterocycles. The van der Waals surface area contributed by atoms with Crippen molar-refractivity contribution in [1.29, 1.82) is 0 Å². The smallest absolute Gasteiger partial charge is 0.162 e. The number of nitrogens with zero attached hydrogens (tertiary/aromatic N) is 2. The number of Topliss-reactive ketones (excluding diaryl/α,β-unsaturated/α-hetero) is 1. The van der Waals surface area contributed by atoms with Crippen molar-refractivity contribution in [1.82, 2.24) is 9.78 Å². The highest BCUT2D eigenvalue weighted by molar-refractivity contribution is 5.93. The molecular formula is C14H18N2O. The van der Waals surface area contributed by atoms with Crippen molar-refractivity contribution in [3.05, 3.63) is 47.8 Å². The summed E-state index contributed by atoms with van der Waals surface area (Å²) in [6.45, 7) is 7.57. The molecule has 0 N–H and O–H groups in total. The number of carbonyl (C=O) groups excluding carboxylic acids is 1. The largest absolute Gasteiger partial charge is 0.294 e. The van der Waals surface area contributed by atoms with E-state index in [1.165, 1.54) is 12.5 Å². The zero-order valence-corrected chi connectivity index (χ0v) is 10.8. The fraction of sp³-hybridized carbons (Fsp3) is 0.286. The van der Waals surface area contributed by atoms with E-state index < -0.39 is 0 Å². The second-order valence-electron chi connectivity index (χ2n) is 3.57. The Bertz CT molecular complexity index is 483. The Hall–Kier alpha value is -1.90. The van der Waals surface area contributed by atoms with Gasteiger partial charge in [-0.2, -0.15) is 5.10 Å². The molecule has 1 aromatic carbocycles. The van der Waals surface area contributed by atoms with E-state index in [-0.39, 0.29) is 5.78 Å². The zero-order chi connectivity index (χ0) is 12.8. The Morgan fingerprint density at radius 2 is 1.76 bits per heavy atom. The molecule has 0 fully saturated rings. The molecule has 0 aliphatic carbocycles. The first-order valence-electron chi connectivity index (χ1n) is 5.79. The lowest BCUT2D eigenvalue weighted by molar-refractivity contribution is 0.101. The lowest BCUT2D eigenvalue weighted by Crippen LogP contribution is -1.94. The SMILES string of the molecule is CC.CC(=O)c1cnn(-c2ccc(C)cc2)c1. The standard InChI is InChI=1S/C12H12N2O.C2H6/c1-9-3-5-12(6-4-9)14-8-11(7-13-14)10(2)15;1-2/h3-8H,1-2H3;1-2H3. The van der Waals surface area contributed by atoms with Crippen LogP contribution in [-0.4, -0.2) is 15.6 Å². The molecule has 0 atom stereocenters. The number of rotatable bonds is 2. The van der Waals surface area contributed by atoms with E-state index in [0.717, 1.165) is 5.69 Å². The molecule has 0 unspecified atom stereocenters. The van der Waals surface area contributed by atoms with E-state index in [9.17, 15) is 4.79 Å². The molecule has 0 saturated heterocycles. The Morgan fingerprint density at radius 1 is 1.18 bits per heavy atom. The van der Waals surface area contributed by atoms with Gasteiger partial charge in [-0.1, -0.05) is 31.5 Å². The van der Waals surface area contributed by atoms with Gasteiger partial charge in [-0.05, 0) is 26.0 Å². The summed E-state index contributed by atoms with van der Waals surface area (Å²) in [5.74, 6) is 0.0355. The van der Waals surface area contributed by atoms with Crippen molar-refractivity contribution in [2.24, 2.45) is 0 Å². The number of carbonyl (C=O) groups is 1. The second-order valence-corrected chi connectivity index (χ2v) is 3.57. The average molecular weight is 230 g/mol. The van der Waals surface area contributed by atoms with Gasteiger partial charge in [-0.25, -0.2) is 4.68 Å². The molecule has 1 aromatic heterocycles. The van der Waals surface area contributed by atoms with Gasteiger partial charge in [0.15, 0.2) is 5.78 Å². The minimum Gasteiger partial charge on any atom is -0.294 e. The van der Waals surface area contributed by atoms with Crippen LogP contribution in [0, 0.1) is 6.92 Å². The van der Waals surface area contributed by atoms with E-state index in [1.807, 2.05) is 45.0 Å². The van der Waals surface area contributed by atoms with Crippen LogP contribution in [0.15, 0.2) is 36.7 Å². The van der Waals surface area contributed by atoms with Crippen LogP contribution in [0.1, 0.15) is 36.7 Å². The summed E-state index contributed by atoms with van der Waals surface area (Å²) in [5.41, 5.74) is 2.81. The molecule has 0 radical (unpaired) electrons. The summed E-state index contributed by atoms with van der Waals surface area (Å²) in [5, 5.41) is 4.13. The third-order valence-corrected chi connectivity index (χ3v) is 2.29. The molecule has 90 valence electrons. The van der Waals surface area contributed by atoms with Gasteiger partial charge in [-0.15, -0.1) is 0 Å². The minimum absolute atomic E-state index is 0.0355. The molecule has 0 saturated carbocycles. The normalized spacial score (nSPS) is 9.41. The van der Waals surface area contributed by atoms with Gasteiger partial charge in [0.05, 0.1) is 17.4 Å². The fourth-order valence-corrected chi connectivity index (χ4v) is 1.34. The molecule has 0 amide bonds. The molecule has 1 heterocycles. The van der Waals surface area contributed by atoms with Gasteiger partial charge in [-0.3, -0.25) is 4.79 Å². The van der Waals surface area contributed by atoms with Crippen LogP contribution < -0.4 is 0 Å². The Morgan fingerprint density at radius 3 is 2.24 bits per heavy atom. The highest BCUT2D eigenvalue weighted by Crippen LogP contribution is 2.09. The minimum atomic E-state index is 0.0355. The molecule has 2 aromatic rings. The number of aryl methyl sites for hydroxylation is 1. The molecule has 0 aliphatic rings. The first-order chi connectivity index (χ1) is 8.16. The van der Waals surface area contributed by atoms with Crippen molar-refractivity contribution in [3.63, 3.8) is 0 Å². The van der Waals surface area contributed by atoms with Crippen LogP contribution in [0.4, 0.5) is 0 Å². The summed E-state index contributed by atoms with van der Waals surface area (Å²) >= 11 is 0. The van der Waals surface area contributed by atoms with Crippen LogP contribution >= 0.6 is 0 Å². The third kappa shape index (κ3) is 3.28. The molecule has 3 nitrogen and oxygen atoms in total. The Kier molecular flexibility index (Phi) is 4.64. The number of hydrogen-bond donors (Lipinski definition) is 0. The summed E-state index contributed by atoms with van der Waals surface area (Å²) in [6.07, 6.45) is 3.33. The highest BCUT2D eigenvalue weighted by Gasteiger charge is 2.03. The topological polar surface area (TPSA) is 34.9 Å². The maximum absolute atomic E-state index is 11.1. The lowest BCUT2D eigenvalue weighted by Gasteiger charge is -2.00. The van der Waals surface area contributed by atoms with Crippen LogP contribution in [0.2, 0.25) is 0 Å². The van der Waals surface area contributed by atoms with Gasteiger partial charge >= 0.3 is 0 Å². The first kappa shape index (κ1) is 13.2. The number of benzene rings is 1. The fourth-order valence-electron chi connectivity index (χ4n) is 1.34. The average Bonchev–Trinajstić information content (AvgIpc) is 2.82. The monoisotopic (exact) mass is 230 g/mol. The predicted octanol–water partition coefficient (Wildman–Crippen LogP) is 3.41. The van der Waals surface area contributed by atoms with Gasteiger partial charge in [0.25, 0.3) is 0 Å². The molecule has 0 bridgehead atoms. The Balaban J connectivity index is 0.000000686. The number of hydrogen-bond acceptors (Lipinski definition) is 2. The van der Waals surface area contributed by atoms with Gasteiger partial charge in [0.2, 0.25) is 0 Å². The quantitative estimate of drug-likeness (QED) is 0.741. The van der Waals surface area contributed by atoms with Crippen molar-refractivity contribution < 1.29 is 4.79 Å². The highest BCUT2D eigenvalue weighted by atomic mass is 16.1. The van der Waals surface area contributed by atoms with E-state index >= 15 is 0 Å². The predicted molar refractivity (Wildman–Crippen MR) is 69.7 cm³/mol. The van der Waals surface area contributed by atoms with Crippen molar-refractivity contribution >= 4 is 5.78 Å². The van der Waals surface area contributed by atoms with Crippen LogP contribution in [0.3, 0.4) is 0 Å². The molecule has 2 rings (SSSR count). The lowest BCUT2D eigenvalue weighted by atomic mass is 10.2. The maximum atomic E-state index is 11.1. The summed E-state index contributed by atoms with van der Waals surface area (Å²) < 4.78 is 1.70. The summed E-state index contributed by atoms with van der Waals surface area (Å²) in [4.78, 5) is 11.1. The summed E-state index contributed by atoms with van der Waals surface area (Å²) in [6, 6.07) is 7.99. The molecular weight excluding hydrogens is 212 g/mol. The number of aromatic nitrogens is 2. The molecule has 17 heavy (non-hydrogen) atoms. The van der Waals surface area contributed by atoms with Crippen molar-refractivity contribution in [2.45, 2.75) is 27.7 Å². The molecule has 3 heteroatoms. The number of ketones is 1. The van der Waals surface area contributed by atoms with E-state index in [2.05, 4.69) is 5.10 Å². The first-order valence-corrected chi connectivity index (χ1v) is 5.79. The molecule has 0 spiro atoms. The van der Waals surface area contributed by atoms with E-state index in [1.54, 1.807) is 17.1 Å². The maximum Gasteiger partial charge on any atom is 0.162 e. The zero-order valence-electron chi connectivity index (χ0n) is 10.8. The van der Waals surface area contributed by atoms with Gasteiger partial charge < -0.3 is 0 Å². The Labute approximate surface area is 102 Å². The van der Waals surface area contributed by atoms with Crippen LogP contribution in [-0.2, 0) is 0 Å². The van der Waals surface area contributed by atoms with Crippen molar-refractivity contribution in [3.8, 4) is 5.69 Å². The van der Waals surface area contributed by atoms with Crippen LogP contribution in [0.25, 0.3) is 5.69 Å². The van der Waals surface area contributed by atoms with E-state index in [4.69, 9.17) is 0 Å².